The lowest BCUT2D eigenvalue weighted by atomic mass is 9.96. The van der Waals surface area contributed by atoms with Gasteiger partial charge in [-0.15, -0.1) is 0 Å². The molecule has 0 radical (unpaired) electrons. The van der Waals surface area contributed by atoms with Gasteiger partial charge in [0, 0.05) is 104 Å². The average Bonchev–Trinajstić information content (AvgIpc) is 1.34. The van der Waals surface area contributed by atoms with E-state index in [2.05, 4.69) is 85.8 Å². The van der Waals surface area contributed by atoms with Crippen molar-refractivity contribution in [2.24, 2.45) is 21.1 Å². The van der Waals surface area contributed by atoms with E-state index in [-0.39, 0.29) is 0 Å². The molecular formula is C101H92N10O11. The minimum absolute atomic E-state index is 0.540. The largest absolute Gasteiger partial charge is 0.497 e. The van der Waals surface area contributed by atoms with Gasteiger partial charge in [0.2, 0.25) is 0 Å². The number of allylic oxidation sites excluding steroid dienone is 5. The molecule has 10 aromatic carbocycles. The summed E-state index contributed by atoms with van der Waals surface area (Å²) in [5.41, 5.74) is 19.4. The van der Waals surface area contributed by atoms with E-state index in [1.807, 2.05) is 236 Å². The first-order valence-electron chi connectivity index (χ1n) is 38.9. The summed E-state index contributed by atoms with van der Waals surface area (Å²) in [6, 6.07) is 77.4. The van der Waals surface area contributed by atoms with Crippen molar-refractivity contribution in [3.8, 4) is 87.8 Å². The lowest BCUT2D eigenvalue weighted by molar-refractivity contribution is 0.311. The number of imidazole rings is 1. The number of nitrogens with zero attached hydrogens (tertiary/aromatic N) is 9. The maximum absolute atomic E-state index is 9.27. The first-order chi connectivity index (χ1) is 59.4. The molecule has 0 saturated heterocycles. The zero-order valence-electron chi connectivity index (χ0n) is 70.5. The fraction of sp³-hybridized carbons (Fsp3) is 0.168. The second kappa shape index (κ2) is 41.7. The fourth-order valence-electron chi connectivity index (χ4n) is 14.0. The molecular weight excluding hydrogens is 1530 g/mol. The van der Waals surface area contributed by atoms with Gasteiger partial charge >= 0.3 is 0 Å². The van der Waals surface area contributed by atoms with Crippen molar-refractivity contribution >= 4 is 82.6 Å². The van der Waals surface area contributed by atoms with Crippen LogP contribution in [-0.4, -0.2) is 93.3 Å². The van der Waals surface area contributed by atoms with E-state index < -0.39 is 0 Å². The van der Waals surface area contributed by atoms with Crippen LogP contribution >= 0.6 is 0 Å². The molecule has 1 N–H and O–H groups in total. The van der Waals surface area contributed by atoms with Crippen molar-refractivity contribution < 1.29 is 51.8 Å². The molecule has 0 aliphatic carbocycles. The Kier molecular flexibility index (Phi) is 29.7. The number of ether oxygens (including phenoxy) is 10. The maximum atomic E-state index is 9.27. The van der Waals surface area contributed by atoms with Crippen LogP contribution in [-0.2, 0) is 21.1 Å². The van der Waals surface area contributed by atoms with Crippen molar-refractivity contribution in [3.05, 3.63) is 323 Å². The molecule has 5 aromatic heterocycles. The van der Waals surface area contributed by atoms with Gasteiger partial charge in [-0.25, -0.2) is 4.98 Å². The number of aryl methyl sites for hydroxylation is 4. The summed E-state index contributed by atoms with van der Waals surface area (Å²) in [5, 5.41) is 50.7. The predicted molar refractivity (Wildman–Crippen MR) is 481 cm³/mol. The van der Waals surface area contributed by atoms with E-state index in [4.69, 9.17) is 51.8 Å². The molecule has 0 unspecified atom stereocenters. The second-order valence-corrected chi connectivity index (χ2v) is 27.3. The normalized spacial score (nSPS) is 11.3. The molecule has 0 spiro atoms. The number of methoxy groups -OCH3 is 7. The lowest BCUT2D eigenvalue weighted by Crippen LogP contribution is -1.97. The van der Waals surface area contributed by atoms with E-state index in [1.165, 1.54) is 16.8 Å². The number of furan rings is 1. The zero-order chi connectivity index (χ0) is 86.8. The number of benzene rings is 10. The van der Waals surface area contributed by atoms with E-state index in [0.29, 0.717) is 77.3 Å². The summed E-state index contributed by atoms with van der Waals surface area (Å²) in [7, 11) is 17.3. The number of hydrogen-bond acceptors (Lipinski definition) is 17. The smallest absolute Gasteiger partial charge is 0.161 e. The van der Waals surface area contributed by atoms with Crippen LogP contribution in [0.2, 0.25) is 0 Å². The first-order valence-corrected chi connectivity index (χ1v) is 38.9. The number of rotatable bonds is 23. The third-order valence-electron chi connectivity index (χ3n) is 20.1. The van der Waals surface area contributed by atoms with E-state index >= 15 is 0 Å². The number of aromatic amines is 1. The molecule has 15 aromatic rings. The monoisotopic (exact) mass is 1620 g/mol. The van der Waals surface area contributed by atoms with E-state index in [9.17, 15) is 26.3 Å². The number of nitriles is 5. The zero-order valence-corrected chi connectivity index (χ0v) is 70.5. The van der Waals surface area contributed by atoms with Crippen molar-refractivity contribution in [2.75, 3.05) is 69.6 Å². The van der Waals surface area contributed by atoms with Crippen LogP contribution in [0.4, 0.5) is 0 Å². The van der Waals surface area contributed by atoms with Crippen molar-refractivity contribution in [3.63, 3.8) is 0 Å². The molecule has 0 bridgehead atoms. The standard InChI is InChI=1S/C21H20N2O2.C20H19N3O2.2C20H18N2O2.C20H17NO3/c1-4-25-21-14-17(7-8-20(21)24-3)18(9-11-22)16-6-5-15-10-12-23(2)19(15)13-16;1-13-22-19-11-14(5-6-20(19)23(13)2)18(7-8-21)15-9-16(24-3)12-17(10-15)25-4;1-22-9-7-14-4-5-15(12-20(14)22)19(6-8-21)16-10-17(23-2)13-18(11-16)24-3;1-3-24-20-13-16(6-7-19(20)23-2)17(8-10-21)15-5-4-14-9-11-22-18(14)12-15;1-3-23-20-13-15(5-7-19(20)22-2)17(8-10-21)14-4-6-18-16(12-14)9-11-24-18/h5-10,12-14H,4H2,1-3H3;5-7,9-12H,1-4H3;4-7,9-13H,1-3H3;4-9,11-13,22H,3H2,1-2H3;4-9,11-13H,3H2,1-2H3. The Hall–Kier alpha value is -16.0. The highest BCUT2D eigenvalue weighted by molar-refractivity contribution is 5.94. The molecule has 122 heavy (non-hydrogen) atoms. The molecule has 0 aliphatic heterocycles. The lowest BCUT2D eigenvalue weighted by Gasteiger charge is -2.13. The number of fused-ring (bicyclic) bond motifs is 5. The first kappa shape index (κ1) is 86.8. The number of nitrogens with one attached hydrogen (secondary N) is 1. The molecule has 0 fully saturated rings. The number of hydrogen-bond donors (Lipinski definition) is 1. The fourth-order valence-corrected chi connectivity index (χ4v) is 14.0. The maximum Gasteiger partial charge on any atom is 0.161 e. The Morgan fingerprint density at radius 3 is 1.11 bits per heavy atom. The Morgan fingerprint density at radius 2 is 0.713 bits per heavy atom. The third kappa shape index (κ3) is 20.5. The Balaban J connectivity index is 0.000000149. The van der Waals surface area contributed by atoms with Crippen LogP contribution in [0.5, 0.6) is 57.5 Å². The van der Waals surface area contributed by atoms with Crippen LogP contribution in [0.25, 0.3) is 82.6 Å². The molecule has 0 amide bonds. The summed E-state index contributed by atoms with van der Waals surface area (Å²) in [4.78, 5) is 7.78. The molecule has 21 nitrogen and oxygen atoms in total. The topological polar surface area (TPSA) is 268 Å². The van der Waals surface area contributed by atoms with Crippen molar-refractivity contribution in [2.45, 2.75) is 27.7 Å². The highest BCUT2D eigenvalue weighted by Gasteiger charge is 2.19. The third-order valence-corrected chi connectivity index (χ3v) is 20.1. The van der Waals surface area contributed by atoms with Crippen LogP contribution in [0.1, 0.15) is 82.2 Å². The van der Waals surface area contributed by atoms with Crippen LogP contribution in [0, 0.1) is 63.6 Å². The minimum Gasteiger partial charge on any atom is -0.497 e. The number of H-pyrrole nitrogens is 1. The summed E-state index contributed by atoms with van der Waals surface area (Å²) in [6.45, 7) is 9.39. The molecule has 15 rings (SSSR count). The summed E-state index contributed by atoms with van der Waals surface area (Å²) in [5.74, 6) is 7.70. The SMILES string of the molecule is CCOc1cc(C(=CC#N)c2ccc3cc[nH]c3c2)ccc1OC.CCOc1cc(C(=CC#N)c2ccc3ccn(C)c3c2)ccc1OC.CCOc1cc(C(=CC#N)c2ccc3occc3c2)ccc1OC.COc1cc(OC)cc(C(=CC#N)c2ccc3c(c2)nc(C)n3C)c1.COc1cc(OC)cc(C(=CC#N)c2ccc3ccn(C)c3c2)c1. The van der Waals surface area contributed by atoms with Gasteiger partial charge in [-0.2, -0.15) is 26.3 Å². The van der Waals surface area contributed by atoms with Crippen LogP contribution < -0.4 is 47.4 Å². The summed E-state index contributed by atoms with van der Waals surface area (Å²) in [6.07, 6.45) is 15.4. The van der Waals surface area contributed by atoms with Gasteiger partial charge in [-0.3, -0.25) is 0 Å². The van der Waals surface area contributed by atoms with Gasteiger partial charge < -0.3 is 70.5 Å². The van der Waals surface area contributed by atoms with Crippen LogP contribution in [0.3, 0.4) is 0 Å². The van der Waals surface area contributed by atoms with Gasteiger partial charge in [0.25, 0.3) is 0 Å². The highest BCUT2D eigenvalue weighted by Crippen LogP contribution is 2.40. The van der Waals surface area contributed by atoms with Gasteiger partial charge in [0.15, 0.2) is 34.5 Å². The minimum atomic E-state index is 0.540. The van der Waals surface area contributed by atoms with Crippen molar-refractivity contribution in [1.29, 1.82) is 26.3 Å². The van der Waals surface area contributed by atoms with Gasteiger partial charge in [-0.05, 0) is 255 Å². The van der Waals surface area contributed by atoms with Crippen LogP contribution in [0.15, 0.2) is 266 Å². The predicted octanol–water partition coefficient (Wildman–Crippen LogP) is 21.9. The van der Waals surface area contributed by atoms with Crippen molar-refractivity contribution in [1.82, 2.24) is 23.7 Å². The number of aromatic nitrogens is 5. The Morgan fingerprint density at radius 1 is 0.352 bits per heavy atom. The highest BCUT2D eigenvalue weighted by atomic mass is 16.5. The van der Waals surface area contributed by atoms with E-state index in [1.54, 1.807) is 86.4 Å². The second-order valence-electron chi connectivity index (χ2n) is 27.3. The molecule has 0 saturated carbocycles. The summed E-state index contributed by atoms with van der Waals surface area (Å²) < 4.78 is 65.9. The molecule has 0 aliphatic rings. The Bertz CT molecular complexity index is 6460. The molecule has 5 heterocycles. The molecule has 21 heteroatoms. The van der Waals surface area contributed by atoms with E-state index in [0.717, 1.165) is 133 Å². The Labute approximate surface area is 709 Å². The van der Waals surface area contributed by atoms with Gasteiger partial charge in [0.1, 0.15) is 34.4 Å². The van der Waals surface area contributed by atoms with Gasteiger partial charge in [-0.1, -0.05) is 66.7 Å². The average molecular weight is 1620 g/mol. The van der Waals surface area contributed by atoms with Gasteiger partial charge in [0.05, 0.1) is 117 Å². The quantitative estimate of drug-likeness (QED) is 0.0583. The molecule has 612 valence electrons. The summed E-state index contributed by atoms with van der Waals surface area (Å²) >= 11 is 0. The molecule has 0 atom stereocenters.